The van der Waals surface area contributed by atoms with Crippen LogP contribution in [0.15, 0.2) is 36.6 Å². The number of hydrogen-bond donors (Lipinski definition) is 0. The van der Waals surface area contributed by atoms with Crippen molar-refractivity contribution in [3.63, 3.8) is 0 Å². The normalized spacial score (nSPS) is 41.1. The number of fused-ring (bicyclic) bond motifs is 1. The molecule has 146 valence electrons. The number of ether oxygens (including phenoxy) is 5. The molecule has 3 aliphatic carbocycles. The van der Waals surface area contributed by atoms with E-state index in [1.54, 1.807) is 13.2 Å². The molecule has 2 spiro atoms. The molecule has 2 aliphatic heterocycles. The number of methoxy groups -OCH3 is 1. The summed E-state index contributed by atoms with van der Waals surface area (Å²) >= 11 is 0. The van der Waals surface area contributed by atoms with Crippen LogP contribution in [0.3, 0.4) is 0 Å². The number of carbonyl (C=O) groups excluding carboxylic acids is 1. The molecule has 2 saturated carbocycles. The molecule has 0 aromatic heterocycles. The summed E-state index contributed by atoms with van der Waals surface area (Å²) in [5.74, 6) is 3.01. The molecule has 0 radical (unpaired) electrons. The van der Waals surface area contributed by atoms with E-state index in [4.69, 9.17) is 23.7 Å². The Kier molecular flexibility index (Phi) is 2.90. The van der Waals surface area contributed by atoms with Crippen LogP contribution in [-0.4, -0.2) is 32.1 Å². The van der Waals surface area contributed by atoms with Gasteiger partial charge in [-0.25, -0.2) is 0 Å². The van der Waals surface area contributed by atoms with Crippen LogP contribution >= 0.6 is 0 Å². The van der Waals surface area contributed by atoms with Crippen molar-refractivity contribution in [1.82, 2.24) is 0 Å². The van der Waals surface area contributed by atoms with Gasteiger partial charge in [0, 0.05) is 17.4 Å². The maximum Gasteiger partial charge on any atom is 0.231 e. The highest BCUT2D eigenvalue weighted by molar-refractivity contribution is 6.02. The first-order valence-electron chi connectivity index (χ1n) is 9.67. The Bertz CT molecular complexity index is 966. The Morgan fingerprint density at radius 1 is 1.29 bits per heavy atom. The average Bonchev–Trinajstić information content (AvgIpc) is 2.97. The van der Waals surface area contributed by atoms with E-state index in [0.717, 1.165) is 12.0 Å². The van der Waals surface area contributed by atoms with Crippen molar-refractivity contribution in [1.29, 1.82) is 0 Å². The highest BCUT2D eigenvalue weighted by Crippen LogP contribution is 2.89. The summed E-state index contributed by atoms with van der Waals surface area (Å²) in [7, 11) is 1.62. The Morgan fingerprint density at radius 3 is 2.93 bits per heavy atom. The van der Waals surface area contributed by atoms with Gasteiger partial charge >= 0.3 is 0 Å². The van der Waals surface area contributed by atoms with Crippen LogP contribution in [0.5, 0.6) is 17.2 Å². The lowest BCUT2D eigenvalue weighted by atomic mass is 9.38. The van der Waals surface area contributed by atoms with Gasteiger partial charge in [0.1, 0.15) is 11.4 Å². The molecule has 5 atom stereocenters. The fourth-order valence-electron chi connectivity index (χ4n) is 6.88. The first-order chi connectivity index (χ1) is 13.6. The molecular weight excluding hydrogens is 360 g/mol. The third-order valence-corrected chi connectivity index (χ3v) is 7.85. The molecule has 28 heavy (non-hydrogen) atoms. The van der Waals surface area contributed by atoms with E-state index in [2.05, 4.69) is 13.5 Å². The second-order valence-corrected chi connectivity index (χ2v) is 8.44. The van der Waals surface area contributed by atoms with Gasteiger partial charge in [-0.3, -0.25) is 4.79 Å². The quantitative estimate of drug-likeness (QED) is 0.745. The topological polar surface area (TPSA) is 63.2 Å². The van der Waals surface area contributed by atoms with E-state index in [9.17, 15) is 4.79 Å². The number of benzene rings is 1. The smallest absolute Gasteiger partial charge is 0.231 e. The van der Waals surface area contributed by atoms with E-state index < -0.39 is 11.0 Å². The minimum absolute atomic E-state index is 0.0165. The SMILES string of the molecule is C=CC[C@]12C(=O)C=C3OCO[C@]34C[C@]41[C@@H](C)[C@@H]2c1cc(OC)c2c(c1)OCO2. The molecule has 0 amide bonds. The van der Waals surface area contributed by atoms with E-state index in [0.29, 0.717) is 29.4 Å². The second kappa shape index (κ2) is 4.92. The standard InChI is InChI=1S/C22H22O6/c1-4-5-20-16(23)8-17-22(28-11-26-17)9-21(20,22)12(2)18(20)13-6-14(24-3)19-15(7-13)25-10-27-19/h4,6-8,12,18H,1,5,9-11H2,2-3H3/t12-,18+,20+,21+,22+/m0/s1. The molecule has 5 aliphatic rings. The van der Waals surface area contributed by atoms with Crippen LogP contribution in [0.25, 0.3) is 0 Å². The molecule has 6 rings (SSSR count). The van der Waals surface area contributed by atoms with Gasteiger partial charge in [0.25, 0.3) is 0 Å². The third kappa shape index (κ3) is 1.46. The zero-order valence-electron chi connectivity index (χ0n) is 15.9. The van der Waals surface area contributed by atoms with Gasteiger partial charge in [-0.2, -0.15) is 0 Å². The van der Waals surface area contributed by atoms with Gasteiger partial charge in [-0.15, -0.1) is 6.58 Å². The summed E-state index contributed by atoms with van der Waals surface area (Å²) in [5.41, 5.74) is -0.225. The van der Waals surface area contributed by atoms with Crippen molar-refractivity contribution in [2.45, 2.75) is 31.3 Å². The maximum atomic E-state index is 13.5. The molecule has 1 aromatic rings. The van der Waals surface area contributed by atoms with E-state index in [1.807, 2.05) is 18.2 Å². The molecule has 1 aromatic carbocycles. The Hall–Kier alpha value is -2.47. The minimum atomic E-state index is -0.579. The molecule has 0 N–H and O–H groups in total. The van der Waals surface area contributed by atoms with Crippen molar-refractivity contribution in [3.8, 4) is 17.2 Å². The molecule has 2 heterocycles. The fourth-order valence-corrected chi connectivity index (χ4v) is 6.88. The molecular formula is C22H22O6. The fraction of sp³-hybridized carbons (Fsp3) is 0.500. The van der Waals surface area contributed by atoms with E-state index in [1.165, 1.54) is 0 Å². The maximum absolute atomic E-state index is 13.5. The lowest BCUT2D eigenvalue weighted by Crippen LogP contribution is -2.64. The van der Waals surface area contributed by atoms with Gasteiger partial charge in [-0.05, 0) is 36.5 Å². The number of rotatable bonds is 4. The van der Waals surface area contributed by atoms with Crippen LogP contribution in [0.4, 0.5) is 0 Å². The molecule has 6 heteroatoms. The zero-order valence-corrected chi connectivity index (χ0v) is 15.9. The first-order valence-corrected chi connectivity index (χ1v) is 9.67. The van der Waals surface area contributed by atoms with Crippen molar-refractivity contribution in [2.75, 3.05) is 20.7 Å². The first kappa shape index (κ1) is 16.5. The van der Waals surface area contributed by atoms with Gasteiger partial charge in [0.05, 0.1) is 12.5 Å². The van der Waals surface area contributed by atoms with Gasteiger partial charge in [0.2, 0.25) is 12.5 Å². The molecule has 0 bridgehead atoms. The molecule has 1 saturated heterocycles. The highest BCUT2D eigenvalue weighted by Gasteiger charge is 2.92. The van der Waals surface area contributed by atoms with E-state index in [-0.39, 0.29) is 36.6 Å². The molecule has 6 nitrogen and oxygen atoms in total. The van der Waals surface area contributed by atoms with E-state index >= 15 is 0 Å². The number of carbonyl (C=O) groups is 1. The van der Waals surface area contributed by atoms with Crippen LogP contribution in [-0.2, 0) is 14.3 Å². The summed E-state index contributed by atoms with van der Waals surface area (Å²) in [6, 6.07) is 3.98. The Labute approximate surface area is 163 Å². The summed E-state index contributed by atoms with van der Waals surface area (Å²) in [5, 5.41) is 0. The number of ketones is 1. The van der Waals surface area contributed by atoms with Crippen molar-refractivity contribution < 1.29 is 28.5 Å². The average molecular weight is 382 g/mol. The Balaban J connectivity index is 1.53. The zero-order chi connectivity index (χ0) is 19.3. The van der Waals surface area contributed by atoms with Gasteiger partial charge in [0.15, 0.2) is 24.1 Å². The lowest BCUT2D eigenvalue weighted by Gasteiger charge is -2.63. The minimum Gasteiger partial charge on any atom is -0.493 e. The monoisotopic (exact) mass is 382 g/mol. The van der Waals surface area contributed by atoms with Gasteiger partial charge < -0.3 is 23.7 Å². The summed E-state index contributed by atoms with van der Waals surface area (Å²) in [6.07, 6.45) is 4.96. The molecule has 3 fully saturated rings. The number of hydrogen-bond acceptors (Lipinski definition) is 6. The van der Waals surface area contributed by atoms with Crippen molar-refractivity contribution in [3.05, 3.63) is 42.2 Å². The predicted octanol–water partition coefficient (Wildman–Crippen LogP) is 3.32. The van der Waals surface area contributed by atoms with Crippen LogP contribution in [0, 0.1) is 16.7 Å². The Morgan fingerprint density at radius 2 is 2.14 bits per heavy atom. The van der Waals surface area contributed by atoms with Crippen LogP contribution in [0.2, 0.25) is 0 Å². The lowest BCUT2D eigenvalue weighted by molar-refractivity contribution is -0.167. The summed E-state index contributed by atoms with van der Waals surface area (Å²) in [4.78, 5) is 13.5. The van der Waals surface area contributed by atoms with Crippen LogP contribution < -0.4 is 14.2 Å². The largest absolute Gasteiger partial charge is 0.493 e. The third-order valence-electron chi connectivity index (χ3n) is 7.85. The van der Waals surface area contributed by atoms with Crippen molar-refractivity contribution >= 4 is 5.78 Å². The highest BCUT2D eigenvalue weighted by atomic mass is 16.7. The van der Waals surface area contributed by atoms with Gasteiger partial charge in [-0.1, -0.05) is 13.0 Å². The number of allylic oxidation sites excluding steroid dienone is 2. The van der Waals surface area contributed by atoms with Crippen LogP contribution in [0.1, 0.15) is 31.2 Å². The predicted molar refractivity (Wildman–Crippen MR) is 98.2 cm³/mol. The summed E-state index contributed by atoms with van der Waals surface area (Å²) in [6.45, 7) is 6.58. The second-order valence-electron chi connectivity index (χ2n) is 8.44. The summed E-state index contributed by atoms with van der Waals surface area (Å²) < 4.78 is 28.5. The molecule has 0 unspecified atom stereocenters. The van der Waals surface area contributed by atoms with Crippen molar-refractivity contribution in [2.24, 2.45) is 16.7 Å².